The van der Waals surface area contributed by atoms with E-state index >= 15 is 0 Å². The normalized spacial score (nSPS) is 13.2. The van der Waals surface area contributed by atoms with Crippen LogP contribution in [0.5, 0.6) is 17.2 Å². The molecule has 1 heterocycles. The highest BCUT2D eigenvalue weighted by Gasteiger charge is 2.24. The molecule has 1 unspecified atom stereocenters. The van der Waals surface area contributed by atoms with Crippen molar-refractivity contribution in [3.05, 3.63) is 94.3 Å². The Morgan fingerprint density at radius 2 is 1.55 bits per heavy atom. The van der Waals surface area contributed by atoms with Crippen LogP contribution in [0.15, 0.2) is 86.3 Å². The molecule has 0 aliphatic carbocycles. The minimum Gasteiger partial charge on any atom is -0.508 e. The maximum atomic E-state index is 10.9. The maximum Gasteiger partial charge on any atom is 0.173 e. The summed E-state index contributed by atoms with van der Waals surface area (Å²) in [5.41, 5.74) is 2.99. The number of phenols is 3. The van der Waals surface area contributed by atoms with Gasteiger partial charge in [-0.2, -0.15) is 10.2 Å². The van der Waals surface area contributed by atoms with Gasteiger partial charge in [-0.05, 0) is 89.5 Å². The van der Waals surface area contributed by atoms with E-state index in [1.54, 1.807) is 62.5 Å². The highest BCUT2D eigenvalue weighted by atomic mass is 16.3. The number of aromatic nitrogens is 4. The molecule has 4 rings (SSSR count). The van der Waals surface area contributed by atoms with Gasteiger partial charge in [0.05, 0.1) is 12.4 Å². The van der Waals surface area contributed by atoms with E-state index in [4.69, 9.17) is 5.84 Å². The molecule has 13 nitrogen and oxygen atoms in total. The van der Waals surface area contributed by atoms with Crippen molar-refractivity contribution in [3.8, 4) is 17.2 Å². The molecule has 13 heteroatoms. The summed E-state index contributed by atoms with van der Waals surface area (Å²) in [5, 5.41) is 61.7. The molecule has 0 bridgehead atoms. The molecule has 1 atom stereocenters. The Kier molecular flexibility index (Phi) is 7.77. The van der Waals surface area contributed by atoms with Gasteiger partial charge in [0.25, 0.3) is 0 Å². The number of nitrogens with two attached hydrogens (primary N) is 1. The fourth-order valence-electron chi connectivity index (χ4n) is 3.70. The molecule has 5 N–H and O–H groups in total. The van der Waals surface area contributed by atoms with Gasteiger partial charge >= 0.3 is 0 Å². The molecule has 38 heavy (non-hydrogen) atoms. The number of benzene rings is 3. The van der Waals surface area contributed by atoms with Crippen molar-refractivity contribution in [2.75, 3.05) is 0 Å². The van der Waals surface area contributed by atoms with E-state index < -0.39 is 5.92 Å². The Bertz CT molecular complexity index is 1540. The second kappa shape index (κ2) is 11.5. The van der Waals surface area contributed by atoms with E-state index in [1.807, 2.05) is 0 Å². The number of hydrogen-bond donors (Lipinski definition) is 4. The molecular weight excluding hydrogens is 488 g/mol. The number of aryl methyl sites for hydroxylation is 1. The lowest BCUT2D eigenvalue weighted by Gasteiger charge is -2.22. The molecule has 1 aromatic heterocycles. The largest absolute Gasteiger partial charge is 0.508 e. The Balaban J connectivity index is 1.81. The van der Waals surface area contributed by atoms with Crippen LogP contribution in [0.3, 0.4) is 0 Å². The molecule has 0 spiro atoms. The Labute approximate surface area is 217 Å². The van der Waals surface area contributed by atoms with Crippen LogP contribution in [0.2, 0.25) is 0 Å². The fourth-order valence-corrected chi connectivity index (χ4v) is 3.70. The molecule has 4 aromatic rings. The summed E-state index contributed by atoms with van der Waals surface area (Å²) in [4.78, 5) is 1.28. The Morgan fingerprint density at radius 1 is 0.921 bits per heavy atom. The van der Waals surface area contributed by atoms with Gasteiger partial charge in [-0.25, -0.2) is 0 Å². The Morgan fingerprint density at radius 3 is 2.13 bits per heavy atom. The van der Waals surface area contributed by atoms with E-state index in [2.05, 4.69) is 41.2 Å². The highest BCUT2D eigenvalue weighted by molar-refractivity contribution is 5.84. The van der Waals surface area contributed by atoms with Crippen LogP contribution in [0.25, 0.3) is 0 Å². The molecule has 0 saturated carbocycles. The SMILES string of the molecule is CC(N=NN)=N/N=C/c1ccc(O)c(C(c2ccc(O)cc2)c2cc(/C=N/n3nnnc3C)ccc2O)c1. The number of tetrazole rings is 1. The van der Waals surface area contributed by atoms with Crippen molar-refractivity contribution in [2.45, 2.75) is 19.8 Å². The van der Waals surface area contributed by atoms with E-state index in [0.717, 1.165) is 0 Å². The summed E-state index contributed by atoms with van der Waals surface area (Å²) in [5.74, 6) is 5.27. The fraction of sp³-hybridized carbons (Fsp3) is 0.120. The summed E-state index contributed by atoms with van der Waals surface area (Å²) >= 11 is 0. The maximum absolute atomic E-state index is 10.9. The zero-order chi connectivity index (χ0) is 27.1. The molecule has 0 fully saturated rings. The molecule has 0 radical (unpaired) electrons. The topological polar surface area (TPSA) is 192 Å². The first-order chi connectivity index (χ1) is 18.4. The number of aromatic hydroxyl groups is 3. The second-order valence-electron chi connectivity index (χ2n) is 8.13. The summed E-state index contributed by atoms with van der Waals surface area (Å²) in [6.45, 7) is 3.31. The lowest BCUT2D eigenvalue weighted by atomic mass is 9.83. The van der Waals surface area contributed by atoms with Crippen molar-refractivity contribution in [2.24, 2.45) is 31.5 Å². The molecule has 0 aliphatic heterocycles. The van der Waals surface area contributed by atoms with Crippen molar-refractivity contribution < 1.29 is 15.3 Å². The lowest BCUT2D eigenvalue weighted by Crippen LogP contribution is -2.06. The van der Waals surface area contributed by atoms with Gasteiger partial charge in [0.1, 0.15) is 17.2 Å². The smallest absolute Gasteiger partial charge is 0.173 e. The summed E-state index contributed by atoms with van der Waals surface area (Å²) < 4.78 is 0. The molecule has 192 valence electrons. The highest BCUT2D eigenvalue weighted by Crippen LogP contribution is 2.41. The monoisotopic (exact) mass is 512 g/mol. The first kappa shape index (κ1) is 25.6. The van der Waals surface area contributed by atoms with Gasteiger partial charge < -0.3 is 21.2 Å². The second-order valence-corrected chi connectivity index (χ2v) is 8.13. The van der Waals surface area contributed by atoms with E-state index in [0.29, 0.717) is 33.6 Å². The third kappa shape index (κ3) is 6.02. The predicted octanol–water partition coefficient (Wildman–Crippen LogP) is 3.24. The molecule has 3 aromatic carbocycles. The van der Waals surface area contributed by atoms with Crippen LogP contribution in [-0.4, -0.2) is 53.9 Å². The van der Waals surface area contributed by atoms with Crippen molar-refractivity contribution in [1.82, 2.24) is 20.3 Å². The molecular formula is C25H24N10O3. The third-order valence-corrected chi connectivity index (χ3v) is 5.48. The van der Waals surface area contributed by atoms with Gasteiger partial charge in [0.2, 0.25) is 0 Å². The molecule has 0 saturated heterocycles. The predicted molar refractivity (Wildman–Crippen MR) is 141 cm³/mol. The first-order valence-electron chi connectivity index (χ1n) is 11.3. The standard InChI is InChI=1S/C25H24N10O3/c1-15(30-32-26)29-27-13-17-3-9-23(37)21(11-17)25(19-5-7-20(36)8-6-19)22-12-18(4-10-24(22)38)14-28-35-16(2)31-33-34-35/h3-14,25,36-38H,1-2H3,(H2,26,29,30)/b27-13+,28-14+. The van der Waals surface area contributed by atoms with Gasteiger partial charge in [0.15, 0.2) is 11.7 Å². The number of phenolic OH excluding ortho intramolecular Hbond substituents is 3. The summed E-state index contributed by atoms with van der Waals surface area (Å²) in [6.07, 6.45) is 3.05. The first-order valence-corrected chi connectivity index (χ1v) is 11.3. The van der Waals surface area contributed by atoms with Crippen molar-refractivity contribution in [3.63, 3.8) is 0 Å². The van der Waals surface area contributed by atoms with Crippen LogP contribution in [0.1, 0.15) is 46.5 Å². The average Bonchev–Trinajstić information content (AvgIpc) is 3.32. The molecule has 0 amide bonds. The van der Waals surface area contributed by atoms with Crippen molar-refractivity contribution in [1.29, 1.82) is 0 Å². The number of hydrogen-bond acceptors (Lipinski definition) is 10. The van der Waals surface area contributed by atoms with Crippen LogP contribution in [0, 0.1) is 6.92 Å². The number of rotatable bonds is 7. The van der Waals surface area contributed by atoms with Crippen molar-refractivity contribution >= 4 is 18.3 Å². The van der Waals surface area contributed by atoms with E-state index in [1.165, 1.54) is 29.2 Å². The van der Waals surface area contributed by atoms with E-state index in [9.17, 15) is 15.3 Å². The zero-order valence-electron chi connectivity index (χ0n) is 20.4. The van der Waals surface area contributed by atoms with Crippen LogP contribution in [-0.2, 0) is 0 Å². The minimum atomic E-state index is -0.622. The van der Waals surface area contributed by atoms with Gasteiger partial charge in [-0.1, -0.05) is 17.4 Å². The Hall–Kier alpha value is -5.46. The lowest BCUT2D eigenvalue weighted by molar-refractivity contribution is 0.458. The average molecular weight is 513 g/mol. The van der Waals surface area contributed by atoms with Crippen LogP contribution >= 0.6 is 0 Å². The van der Waals surface area contributed by atoms with Gasteiger partial charge in [0, 0.05) is 17.0 Å². The summed E-state index contributed by atoms with van der Waals surface area (Å²) in [6, 6.07) is 16.4. The van der Waals surface area contributed by atoms with Gasteiger partial charge in [-0.3, -0.25) is 0 Å². The van der Waals surface area contributed by atoms with E-state index in [-0.39, 0.29) is 23.1 Å². The number of amidine groups is 1. The van der Waals surface area contributed by atoms with Crippen LogP contribution < -0.4 is 5.84 Å². The third-order valence-electron chi connectivity index (χ3n) is 5.48. The van der Waals surface area contributed by atoms with Crippen LogP contribution in [0.4, 0.5) is 0 Å². The number of nitrogens with zero attached hydrogens (tertiary/aromatic N) is 9. The van der Waals surface area contributed by atoms with Gasteiger partial charge in [-0.15, -0.1) is 20.1 Å². The quantitative estimate of drug-likeness (QED) is 0.0729. The summed E-state index contributed by atoms with van der Waals surface area (Å²) in [7, 11) is 0. The zero-order valence-corrected chi connectivity index (χ0v) is 20.4. The molecule has 0 aliphatic rings. The minimum absolute atomic E-state index is 0.000349.